The van der Waals surface area contributed by atoms with Gasteiger partial charge in [-0.25, -0.2) is 0 Å². The maximum Gasteiger partial charge on any atom is 0.269 e. The van der Waals surface area contributed by atoms with Crippen molar-refractivity contribution in [1.29, 1.82) is 5.26 Å². The predicted octanol–water partition coefficient (Wildman–Crippen LogP) is 3.03. The summed E-state index contributed by atoms with van der Waals surface area (Å²) in [5.74, 6) is 1.06. The maximum atomic E-state index is 12.2. The minimum Gasteiger partial charge on any atom is -0.464 e. The zero-order chi connectivity index (χ0) is 13.8. The third-order valence-corrected chi connectivity index (χ3v) is 3.01. The molecule has 4 heteroatoms. The zero-order valence-corrected chi connectivity index (χ0v) is 11.1. The van der Waals surface area contributed by atoms with Crippen LogP contribution in [0.25, 0.3) is 11.3 Å². The van der Waals surface area contributed by atoms with Crippen LogP contribution >= 0.6 is 0 Å². The highest BCUT2D eigenvalue weighted by atomic mass is 16.3. The average molecular weight is 256 g/mol. The SMILES string of the molecule is CC(C)CCn1ccc(-c2ccco2)c(C#N)c1=O. The summed E-state index contributed by atoms with van der Waals surface area (Å²) >= 11 is 0. The molecule has 0 amide bonds. The number of furan rings is 1. The lowest BCUT2D eigenvalue weighted by Gasteiger charge is -2.09. The lowest BCUT2D eigenvalue weighted by molar-refractivity contribution is 0.507. The Morgan fingerprint density at radius 1 is 1.42 bits per heavy atom. The molecule has 0 atom stereocenters. The Morgan fingerprint density at radius 3 is 2.79 bits per heavy atom. The van der Waals surface area contributed by atoms with E-state index in [1.165, 1.54) is 6.26 Å². The molecule has 0 unspecified atom stereocenters. The first-order chi connectivity index (χ1) is 9.13. The third-order valence-electron chi connectivity index (χ3n) is 3.01. The van der Waals surface area contributed by atoms with E-state index < -0.39 is 0 Å². The first-order valence-corrected chi connectivity index (χ1v) is 6.31. The van der Waals surface area contributed by atoms with Crippen LogP contribution in [0.5, 0.6) is 0 Å². The fraction of sp³-hybridized carbons (Fsp3) is 0.333. The van der Waals surface area contributed by atoms with Gasteiger partial charge in [0, 0.05) is 18.3 Å². The van der Waals surface area contributed by atoms with Gasteiger partial charge in [-0.2, -0.15) is 5.26 Å². The minimum atomic E-state index is -0.253. The minimum absolute atomic E-state index is 0.140. The molecule has 0 bridgehead atoms. The van der Waals surface area contributed by atoms with E-state index in [1.807, 2.05) is 6.07 Å². The van der Waals surface area contributed by atoms with Crippen molar-refractivity contribution >= 4 is 0 Å². The molecule has 0 aromatic carbocycles. The molecule has 0 N–H and O–H groups in total. The summed E-state index contributed by atoms with van der Waals surface area (Å²) < 4.78 is 6.84. The van der Waals surface area contributed by atoms with E-state index in [0.717, 1.165) is 6.42 Å². The molecular weight excluding hydrogens is 240 g/mol. The number of aryl methyl sites for hydroxylation is 1. The molecule has 98 valence electrons. The monoisotopic (exact) mass is 256 g/mol. The fourth-order valence-corrected chi connectivity index (χ4v) is 1.89. The van der Waals surface area contributed by atoms with E-state index >= 15 is 0 Å². The van der Waals surface area contributed by atoms with Crippen molar-refractivity contribution in [1.82, 2.24) is 4.57 Å². The Balaban J connectivity index is 2.43. The fourth-order valence-electron chi connectivity index (χ4n) is 1.89. The second-order valence-corrected chi connectivity index (χ2v) is 4.87. The highest BCUT2D eigenvalue weighted by Crippen LogP contribution is 2.21. The molecule has 0 saturated carbocycles. The van der Waals surface area contributed by atoms with Gasteiger partial charge < -0.3 is 8.98 Å². The van der Waals surface area contributed by atoms with E-state index in [0.29, 0.717) is 23.8 Å². The van der Waals surface area contributed by atoms with Gasteiger partial charge in [-0.05, 0) is 30.5 Å². The third kappa shape index (κ3) is 2.76. The molecule has 2 rings (SSSR count). The summed E-state index contributed by atoms with van der Waals surface area (Å²) in [6.07, 6.45) is 4.16. The summed E-state index contributed by atoms with van der Waals surface area (Å²) in [6.45, 7) is 4.84. The van der Waals surface area contributed by atoms with Gasteiger partial charge >= 0.3 is 0 Å². The Kier molecular flexibility index (Phi) is 3.86. The van der Waals surface area contributed by atoms with Crippen molar-refractivity contribution in [2.24, 2.45) is 5.92 Å². The second-order valence-electron chi connectivity index (χ2n) is 4.87. The van der Waals surface area contributed by atoms with Gasteiger partial charge in [0.2, 0.25) is 0 Å². The highest BCUT2D eigenvalue weighted by Gasteiger charge is 2.13. The molecule has 0 saturated heterocycles. The molecule has 2 aromatic rings. The van der Waals surface area contributed by atoms with Crippen LogP contribution in [0, 0.1) is 17.2 Å². The van der Waals surface area contributed by atoms with Gasteiger partial charge in [0.1, 0.15) is 17.4 Å². The normalized spacial score (nSPS) is 10.6. The topological polar surface area (TPSA) is 58.9 Å². The van der Waals surface area contributed by atoms with Gasteiger partial charge in [0.05, 0.1) is 6.26 Å². The van der Waals surface area contributed by atoms with Crippen LogP contribution < -0.4 is 5.56 Å². The number of pyridine rings is 1. The van der Waals surface area contributed by atoms with Crippen molar-refractivity contribution < 1.29 is 4.42 Å². The van der Waals surface area contributed by atoms with E-state index in [1.54, 1.807) is 29.0 Å². The molecule has 0 fully saturated rings. The van der Waals surface area contributed by atoms with Gasteiger partial charge in [0.15, 0.2) is 0 Å². The molecule has 0 aliphatic carbocycles. The largest absolute Gasteiger partial charge is 0.464 e. The number of hydrogen-bond donors (Lipinski definition) is 0. The van der Waals surface area contributed by atoms with Gasteiger partial charge in [-0.15, -0.1) is 0 Å². The highest BCUT2D eigenvalue weighted by molar-refractivity contribution is 5.64. The summed E-state index contributed by atoms with van der Waals surface area (Å²) in [4.78, 5) is 12.2. The predicted molar refractivity (Wildman–Crippen MR) is 72.6 cm³/mol. The van der Waals surface area contributed by atoms with E-state index in [-0.39, 0.29) is 11.1 Å². The van der Waals surface area contributed by atoms with Crippen molar-refractivity contribution in [2.45, 2.75) is 26.8 Å². The lowest BCUT2D eigenvalue weighted by Crippen LogP contribution is -2.23. The first-order valence-electron chi connectivity index (χ1n) is 6.31. The molecule has 0 aliphatic rings. The van der Waals surface area contributed by atoms with Gasteiger partial charge in [-0.3, -0.25) is 4.79 Å². The average Bonchev–Trinajstić information content (AvgIpc) is 2.90. The van der Waals surface area contributed by atoms with Crippen LogP contribution in [0.15, 0.2) is 39.9 Å². The van der Waals surface area contributed by atoms with Gasteiger partial charge in [0.25, 0.3) is 5.56 Å². The first kappa shape index (κ1) is 13.2. The quantitative estimate of drug-likeness (QED) is 0.844. The molecular formula is C15H16N2O2. The number of aromatic nitrogens is 1. The Bertz CT molecular complexity index is 646. The summed E-state index contributed by atoms with van der Waals surface area (Å²) in [5.41, 5.74) is 0.441. The molecule has 2 aromatic heterocycles. The van der Waals surface area contributed by atoms with Crippen LogP contribution in [0.1, 0.15) is 25.8 Å². The molecule has 0 aliphatic heterocycles. The molecule has 19 heavy (non-hydrogen) atoms. The Labute approximate surface area is 111 Å². The summed E-state index contributed by atoms with van der Waals surface area (Å²) in [5, 5.41) is 9.19. The van der Waals surface area contributed by atoms with Crippen LogP contribution in [-0.4, -0.2) is 4.57 Å². The maximum absolute atomic E-state index is 12.2. The van der Waals surface area contributed by atoms with E-state index in [4.69, 9.17) is 4.42 Å². The molecule has 2 heterocycles. The van der Waals surface area contributed by atoms with E-state index in [2.05, 4.69) is 13.8 Å². The standard InChI is InChI=1S/C15H16N2O2/c1-11(2)5-7-17-8-6-12(13(10-16)15(17)18)14-4-3-9-19-14/h3-4,6,8-9,11H,5,7H2,1-2H3. The zero-order valence-electron chi connectivity index (χ0n) is 11.1. The number of hydrogen-bond acceptors (Lipinski definition) is 3. The van der Waals surface area contributed by atoms with Crippen LogP contribution in [-0.2, 0) is 6.54 Å². The molecule has 4 nitrogen and oxygen atoms in total. The number of nitriles is 1. The molecule has 0 spiro atoms. The lowest BCUT2D eigenvalue weighted by atomic mass is 10.1. The number of rotatable bonds is 4. The van der Waals surface area contributed by atoms with Crippen LogP contribution in [0.4, 0.5) is 0 Å². The van der Waals surface area contributed by atoms with Crippen molar-refractivity contribution in [3.8, 4) is 17.4 Å². The van der Waals surface area contributed by atoms with Crippen molar-refractivity contribution in [3.63, 3.8) is 0 Å². The van der Waals surface area contributed by atoms with Gasteiger partial charge in [-0.1, -0.05) is 13.8 Å². The van der Waals surface area contributed by atoms with Crippen LogP contribution in [0.2, 0.25) is 0 Å². The van der Waals surface area contributed by atoms with Crippen molar-refractivity contribution in [3.05, 3.63) is 46.6 Å². The van der Waals surface area contributed by atoms with E-state index in [9.17, 15) is 10.1 Å². The Hall–Kier alpha value is -2.28. The molecule has 0 radical (unpaired) electrons. The second kappa shape index (κ2) is 5.57. The van der Waals surface area contributed by atoms with Crippen molar-refractivity contribution in [2.75, 3.05) is 0 Å². The van der Waals surface area contributed by atoms with Crippen LogP contribution in [0.3, 0.4) is 0 Å². The summed E-state index contributed by atoms with van der Waals surface area (Å²) in [6, 6.07) is 7.23. The Morgan fingerprint density at radius 2 is 2.21 bits per heavy atom. The number of nitrogens with zero attached hydrogens (tertiary/aromatic N) is 2. The summed E-state index contributed by atoms with van der Waals surface area (Å²) in [7, 11) is 0. The smallest absolute Gasteiger partial charge is 0.269 e.